The standard InChI is InChI=1S/C24H21F9N4O4/c1-2-15(24(31,32)33)34-20(41)12-6-37(23(30)14(26)5-13(25)18(27)22(23,28)29)19-11(17(12)40)3-4-16(35-19)36-7-21(8-36,9-38)10-39/h3-6,15,38-39H,2,7-10H2,1H3,(H,34,41)/t15-,23?/m0/s1. The largest absolute Gasteiger partial charge is 0.408 e. The van der Waals surface area contributed by atoms with E-state index in [1.165, 1.54) is 10.2 Å². The number of hydrogen-bond acceptors (Lipinski definition) is 6. The number of carbonyl (C=O) groups excluding carboxylic acids is 1. The average molecular weight is 600 g/mol. The molecule has 1 aliphatic heterocycles. The van der Waals surface area contributed by atoms with Crippen molar-refractivity contribution in [1.29, 1.82) is 0 Å². The van der Waals surface area contributed by atoms with E-state index in [1.807, 2.05) is 0 Å². The SMILES string of the molecule is CC[C@H](NC(=O)c1cn(C2(F)C(F)=CC(F)=C(F)C2(F)F)c2nc(N3CC(CO)(CO)C3)ccc2c1=O)C(F)(F)F. The van der Waals surface area contributed by atoms with Gasteiger partial charge < -0.3 is 20.4 Å². The number of halogens is 9. The summed E-state index contributed by atoms with van der Waals surface area (Å²) < 4.78 is 128. The monoisotopic (exact) mass is 600 g/mol. The summed E-state index contributed by atoms with van der Waals surface area (Å²) in [7, 11) is 0. The Balaban J connectivity index is 1.96. The molecule has 2 aromatic heterocycles. The van der Waals surface area contributed by atoms with Crippen molar-refractivity contribution in [3.63, 3.8) is 0 Å². The van der Waals surface area contributed by atoms with Gasteiger partial charge >= 0.3 is 17.9 Å². The Bertz CT molecular complexity index is 1510. The van der Waals surface area contributed by atoms with Crippen molar-refractivity contribution in [2.75, 3.05) is 31.2 Å². The van der Waals surface area contributed by atoms with Crippen molar-refractivity contribution >= 4 is 22.8 Å². The fraction of sp³-hybridized carbons (Fsp3) is 0.458. The Labute approximate surface area is 224 Å². The van der Waals surface area contributed by atoms with E-state index in [4.69, 9.17) is 0 Å². The highest BCUT2D eigenvalue weighted by atomic mass is 19.4. The van der Waals surface area contributed by atoms with Crippen LogP contribution in [-0.4, -0.2) is 70.1 Å². The van der Waals surface area contributed by atoms with Crippen LogP contribution < -0.4 is 15.6 Å². The molecule has 2 aliphatic rings. The number of nitrogens with one attached hydrogen (secondary N) is 1. The first-order valence-corrected chi connectivity index (χ1v) is 11.9. The predicted octanol–water partition coefficient (Wildman–Crippen LogP) is 3.53. The second-order valence-corrected chi connectivity index (χ2v) is 9.78. The summed E-state index contributed by atoms with van der Waals surface area (Å²) in [4.78, 5) is 31.1. The van der Waals surface area contributed by atoms with Gasteiger partial charge in [-0.1, -0.05) is 6.92 Å². The fourth-order valence-electron chi connectivity index (χ4n) is 4.57. The van der Waals surface area contributed by atoms with Crippen LogP contribution in [0.5, 0.6) is 0 Å². The summed E-state index contributed by atoms with van der Waals surface area (Å²) in [6.45, 7) is -0.0376. The number of anilines is 1. The summed E-state index contributed by atoms with van der Waals surface area (Å²) >= 11 is 0. The van der Waals surface area contributed by atoms with Gasteiger partial charge in [-0.15, -0.1) is 0 Å². The summed E-state index contributed by atoms with van der Waals surface area (Å²) in [6, 6.07) is -0.606. The molecule has 3 heterocycles. The number of allylic oxidation sites excluding steroid dienone is 4. The smallest absolute Gasteiger partial charge is 0.396 e. The maximum Gasteiger partial charge on any atom is 0.408 e. The van der Waals surface area contributed by atoms with Gasteiger partial charge in [-0.2, -0.15) is 22.0 Å². The Morgan fingerprint density at radius 3 is 2.27 bits per heavy atom. The number of rotatable bonds is 7. The molecule has 1 saturated heterocycles. The van der Waals surface area contributed by atoms with Crippen LogP contribution in [-0.2, 0) is 5.79 Å². The number of pyridine rings is 2. The highest BCUT2D eigenvalue weighted by molar-refractivity contribution is 5.97. The predicted molar refractivity (Wildman–Crippen MR) is 125 cm³/mol. The van der Waals surface area contributed by atoms with Crippen molar-refractivity contribution in [2.45, 2.75) is 37.3 Å². The average Bonchev–Trinajstić information content (AvgIpc) is 2.89. The first-order valence-electron chi connectivity index (χ1n) is 11.9. The summed E-state index contributed by atoms with van der Waals surface area (Å²) in [5, 5.41) is 19.6. The molecule has 0 radical (unpaired) electrons. The second kappa shape index (κ2) is 10.0. The minimum absolute atomic E-state index is 0.0421. The van der Waals surface area contributed by atoms with Crippen LogP contribution >= 0.6 is 0 Å². The van der Waals surface area contributed by atoms with E-state index < -0.39 is 105 Å². The van der Waals surface area contributed by atoms with Gasteiger partial charge in [0.1, 0.15) is 23.1 Å². The number of carbonyl (C=O) groups is 1. The number of aliphatic hydroxyl groups is 2. The van der Waals surface area contributed by atoms with Gasteiger partial charge in [0, 0.05) is 25.4 Å². The Hall–Kier alpha value is -3.60. The zero-order valence-corrected chi connectivity index (χ0v) is 20.9. The van der Waals surface area contributed by atoms with Crippen molar-refractivity contribution in [3.05, 3.63) is 57.7 Å². The van der Waals surface area contributed by atoms with E-state index in [-0.39, 0.29) is 25.1 Å². The molecular weight excluding hydrogens is 579 g/mol. The molecule has 0 spiro atoms. The van der Waals surface area contributed by atoms with Crippen LogP contribution in [0.4, 0.5) is 45.3 Å². The minimum Gasteiger partial charge on any atom is -0.396 e. The highest BCUT2D eigenvalue weighted by Gasteiger charge is 2.66. The number of nitrogens with zero attached hydrogens (tertiary/aromatic N) is 3. The van der Waals surface area contributed by atoms with Crippen molar-refractivity contribution < 1.29 is 54.5 Å². The van der Waals surface area contributed by atoms with Crippen LogP contribution in [0.3, 0.4) is 0 Å². The molecule has 1 aliphatic carbocycles. The van der Waals surface area contributed by atoms with E-state index in [0.29, 0.717) is 0 Å². The molecule has 3 N–H and O–H groups in total. The third-order valence-electron chi connectivity index (χ3n) is 7.04. The molecule has 8 nitrogen and oxygen atoms in total. The lowest BCUT2D eigenvalue weighted by Crippen LogP contribution is -2.60. The maximum absolute atomic E-state index is 16.2. The maximum atomic E-state index is 16.2. The number of hydrogen-bond donors (Lipinski definition) is 3. The van der Waals surface area contributed by atoms with Gasteiger partial charge in [0.25, 0.3) is 5.91 Å². The van der Waals surface area contributed by atoms with Gasteiger partial charge in [-0.05, 0) is 18.6 Å². The Morgan fingerprint density at radius 2 is 1.73 bits per heavy atom. The second-order valence-electron chi connectivity index (χ2n) is 9.78. The number of alkyl halides is 6. The first kappa shape index (κ1) is 30.4. The van der Waals surface area contributed by atoms with Gasteiger partial charge in [0.15, 0.2) is 11.7 Å². The normalized spacial score (nSPS) is 22.8. The minimum atomic E-state index is -5.62. The van der Waals surface area contributed by atoms with Gasteiger partial charge in [-0.25, -0.2) is 22.5 Å². The lowest BCUT2D eigenvalue weighted by Gasteiger charge is -2.48. The molecule has 4 rings (SSSR count). The summed E-state index contributed by atoms with van der Waals surface area (Å²) in [5.41, 5.74) is -4.86. The highest BCUT2D eigenvalue weighted by Crippen LogP contribution is 2.53. The van der Waals surface area contributed by atoms with Crippen LogP contribution in [0, 0.1) is 5.41 Å². The van der Waals surface area contributed by atoms with Crippen molar-refractivity contribution in [3.8, 4) is 0 Å². The summed E-state index contributed by atoms with van der Waals surface area (Å²) in [5.74, 6) is -20.7. The number of aliphatic hydroxyl groups excluding tert-OH is 2. The van der Waals surface area contributed by atoms with Crippen LogP contribution in [0.1, 0.15) is 23.7 Å². The molecule has 2 atom stereocenters. The zero-order valence-electron chi connectivity index (χ0n) is 20.9. The molecule has 2 aromatic rings. The Morgan fingerprint density at radius 1 is 1.12 bits per heavy atom. The van der Waals surface area contributed by atoms with E-state index in [9.17, 15) is 54.9 Å². The quantitative estimate of drug-likeness (QED) is 0.420. The lowest BCUT2D eigenvalue weighted by molar-refractivity contribution is -0.158. The summed E-state index contributed by atoms with van der Waals surface area (Å²) in [6.07, 6.45) is -6.30. The van der Waals surface area contributed by atoms with Gasteiger partial charge in [-0.3, -0.25) is 14.2 Å². The first-order chi connectivity index (χ1) is 19.0. The molecule has 41 heavy (non-hydrogen) atoms. The third kappa shape index (κ3) is 4.64. The topological polar surface area (TPSA) is 108 Å². The number of aromatic nitrogens is 2. The molecule has 17 heteroatoms. The molecule has 0 aromatic carbocycles. The molecule has 0 saturated carbocycles. The van der Waals surface area contributed by atoms with E-state index in [0.717, 1.165) is 19.1 Å². The number of fused-ring (bicyclic) bond motifs is 1. The molecule has 1 unspecified atom stereocenters. The zero-order chi connectivity index (χ0) is 30.7. The number of amides is 1. The van der Waals surface area contributed by atoms with Crippen molar-refractivity contribution in [2.24, 2.45) is 5.41 Å². The van der Waals surface area contributed by atoms with Crippen LogP contribution in [0.15, 0.2) is 46.7 Å². The van der Waals surface area contributed by atoms with Gasteiger partial charge in [0.05, 0.1) is 24.0 Å². The third-order valence-corrected chi connectivity index (χ3v) is 7.04. The van der Waals surface area contributed by atoms with E-state index in [1.54, 1.807) is 0 Å². The molecule has 1 fully saturated rings. The molecule has 0 bridgehead atoms. The fourth-order valence-corrected chi connectivity index (χ4v) is 4.57. The Kier molecular flexibility index (Phi) is 7.44. The molecule has 224 valence electrons. The van der Waals surface area contributed by atoms with Crippen LogP contribution in [0.25, 0.3) is 11.0 Å². The van der Waals surface area contributed by atoms with Gasteiger partial charge in [0.2, 0.25) is 11.3 Å². The lowest BCUT2D eigenvalue weighted by atomic mass is 9.81. The molecular formula is C24H21F9N4O4. The molecule has 1 amide bonds. The van der Waals surface area contributed by atoms with Crippen LogP contribution in [0.2, 0.25) is 0 Å². The van der Waals surface area contributed by atoms with E-state index in [2.05, 4.69) is 4.98 Å². The van der Waals surface area contributed by atoms with Crippen molar-refractivity contribution in [1.82, 2.24) is 14.9 Å². The van der Waals surface area contributed by atoms with E-state index >= 15 is 4.39 Å².